The molecule has 0 bridgehead atoms. The summed E-state index contributed by atoms with van der Waals surface area (Å²) in [5.41, 5.74) is 0.962. The third-order valence-corrected chi connectivity index (χ3v) is 3.14. The summed E-state index contributed by atoms with van der Waals surface area (Å²) in [6.07, 6.45) is 1.46. The van der Waals surface area contributed by atoms with Gasteiger partial charge in [0.15, 0.2) is 11.5 Å². The van der Waals surface area contributed by atoms with Crippen molar-refractivity contribution >= 4 is 5.91 Å². The van der Waals surface area contributed by atoms with E-state index < -0.39 is 0 Å². The Kier molecular flexibility index (Phi) is 4.63. The third-order valence-electron chi connectivity index (χ3n) is 3.14. The molecule has 1 amide bonds. The van der Waals surface area contributed by atoms with E-state index in [0.29, 0.717) is 24.7 Å². The highest BCUT2D eigenvalue weighted by molar-refractivity contribution is 5.80. The van der Waals surface area contributed by atoms with Crippen molar-refractivity contribution in [3.8, 4) is 11.5 Å². The smallest absolute Gasteiger partial charge is 0.249 e. The highest BCUT2D eigenvalue weighted by Crippen LogP contribution is 2.27. The molecule has 5 heteroatoms. The zero-order valence-electron chi connectivity index (χ0n) is 11.3. The van der Waals surface area contributed by atoms with Crippen LogP contribution >= 0.6 is 0 Å². The Bertz CT molecular complexity index is 441. The highest BCUT2D eigenvalue weighted by Gasteiger charge is 2.23. The molecule has 5 nitrogen and oxygen atoms in total. The Morgan fingerprint density at radius 1 is 1.37 bits per heavy atom. The average molecular weight is 265 g/mol. The van der Waals surface area contributed by atoms with Crippen LogP contribution in [0.15, 0.2) is 18.2 Å². The first-order valence-corrected chi connectivity index (χ1v) is 6.35. The minimum absolute atomic E-state index is 0.0488. The van der Waals surface area contributed by atoms with Gasteiger partial charge in [-0.05, 0) is 30.5 Å². The highest BCUT2D eigenvalue weighted by atomic mass is 16.5. The third kappa shape index (κ3) is 3.38. The standard InChI is InChI=1S/C14H19NO4/c1-17-11-6-5-10(8-13(11)18-2)9-15-14(16)12-4-3-7-19-12/h5-6,8,12H,3-4,7,9H2,1-2H3,(H,15,16)/t12-/m0/s1. The molecule has 104 valence electrons. The number of nitrogens with one attached hydrogen (secondary N) is 1. The maximum absolute atomic E-state index is 11.8. The maximum Gasteiger partial charge on any atom is 0.249 e. The van der Waals surface area contributed by atoms with E-state index in [1.165, 1.54) is 0 Å². The second-order valence-electron chi connectivity index (χ2n) is 4.41. The number of rotatable bonds is 5. The summed E-state index contributed by atoms with van der Waals surface area (Å²) in [4.78, 5) is 11.8. The van der Waals surface area contributed by atoms with Crippen LogP contribution in [0, 0.1) is 0 Å². The van der Waals surface area contributed by atoms with E-state index in [1.807, 2.05) is 18.2 Å². The lowest BCUT2D eigenvalue weighted by molar-refractivity contribution is -0.130. The number of hydrogen-bond acceptors (Lipinski definition) is 4. The number of ether oxygens (including phenoxy) is 3. The fraction of sp³-hybridized carbons (Fsp3) is 0.500. The first kappa shape index (κ1) is 13.7. The lowest BCUT2D eigenvalue weighted by Gasteiger charge is -2.12. The maximum atomic E-state index is 11.8. The SMILES string of the molecule is COc1ccc(CNC(=O)[C@@H]2CCCO2)cc1OC. The number of methoxy groups -OCH3 is 2. The number of hydrogen-bond donors (Lipinski definition) is 1. The van der Waals surface area contributed by atoms with Crippen LogP contribution < -0.4 is 14.8 Å². The Morgan fingerprint density at radius 3 is 2.79 bits per heavy atom. The second-order valence-corrected chi connectivity index (χ2v) is 4.41. The summed E-state index contributed by atoms with van der Waals surface area (Å²) in [7, 11) is 3.18. The first-order chi connectivity index (χ1) is 9.24. The van der Waals surface area contributed by atoms with E-state index in [0.717, 1.165) is 18.4 Å². The lowest BCUT2D eigenvalue weighted by Crippen LogP contribution is -2.33. The second kappa shape index (κ2) is 6.43. The van der Waals surface area contributed by atoms with Crippen molar-refractivity contribution in [2.75, 3.05) is 20.8 Å². The molecule has 1 heterocycles. The van der Waals surface area contributed by atoms with Crippen LogP contribution in [0.1, 0.15) is 18.4 Å². The fourth-order valence-corrected chi connectivity index (χ4v) is 2.08. The number of amides is 1. The molecule has 0 aromatic heterocycles. The van der Waals surface area contributed by atoms with Crippen molar-refractivity contribution in [1.82, 2.24) is 5.32 Å². The van der Waals surface area contributed by atoms with Gasteiger partial charge in [-0.25, -0.2) is 0 Å². The largest absolute Gasteiger partial charge is 0.493 e. The molecular formula is C14H19NO4. The Labute approximate surface area is 112 Å². The topological polar surface area (TPSA) is 56.8 Å². The van der Waals surface area contributed by atoms with Crippen LogP contribution in [-0.2, 0) is 16.1 Å². The zero-order chi connectivity index (χ0) is 13.7. The molecular weight excluding hydrogens is 246 g/mol. The number of carbonyl (C=O) groups is 1. The predicted molar refractivity (Wildman–Crippen MR) is 70.4 cm³/mol. The van der Waals surface area contributed by atoms with Crippen LogP contribution in [0.25, 0.3) is 0 Å². The molecule has 1 fully saturated rings. The van der Waals surface area contributed by atoms with Crippen molar-refractivity contribution in [2.45, 2.75) is 25.5 Å². The number of carbonyl (C=O) groups excluding carboxylic acids is 1. The van der Waals surface area contributed by atoms with Crippen molar-refractivity contribution in [3.63, 3.8) is 0 Å². The summed E-state index contributed by atoms with van der Waals surface area (Å²) in [5, 5.41) is 2.87. The molecule has 1 aliphatic heterocycles. The van der Waals surface area contributed by atoms with Gasteiger partial charge in [0.1, 0.15) is 6.10 Å². The van der Waals surface area contributed by atoms with Gasteiger partial charge in [-0.1, -0.05) is 6.07 Å². The van der Waals surface area contributed by atoms with Crippen molar-refractivity contribution in [3.05, 3.63) is 23.8 Å². The van der Waals surface area contributed by atoms with Crippen LogP contribution in [0.5, 0.6) is 11.5 Å². The zero-order valence-corrected chi connectivity index (χ0v) is 11.3. The van der Waals surface area contributed by atoms with Crippen molar-refractivity contribution < 1.29 is 19.0 Å². The van der Waals surface area contributed by atoms with Gasteiger partial charge in [0.25, 0.3) is 0 Å². The first-order valence-electron chi connectivity index (χ1n) is 6.35. The molecule has 19 heavy (non-hydrogen) atoms. The van der Waals surface area contributed by atoms with Crippen LogP contribution in [0.4, 0.5) is 0 Å². The predicted octanol–water partition coefficient (Wildman–Crippen LogP) is 1.50. The monoisotopic (exact) mass is 265 g/mol. The molecule has 1 aliphatic rings. The van der Waals surface area contributed by atoms with Gasteiger partial charge in [0, 0.05) is 13.2 Å². The summed E-state index contributed by atoms with van der Waals surface area (Å²) in [6.45, 7) is 1.13. The van der Waals surface area contributed by atoms with E-state index in [1.54, 1.807) is 14.2 Å². The van der Waals surface area contributed by atoms with Gasteiger partial charge in [-0.15, -0.1) is 0 Å². The molecule has 1 aromatic rings. The van der Waals surface area contributed by atoms with Gasteiger partial charge in [0.05, 0.1) is 14.2 Å². The van der Waals surface area contributed by atoms with E-state index in [9.17, 15) is 4.79 Å². The minimum atomic E-state index is -0.292. The van der Waals surface area contributed by atoms with Gasteiger partial charge in [-0.3, -0.25) is 4.79 Å². The summed E-state index contributed by atoms with van der Waals surface area (Å²) in [5.74, 6) is 1.29. The van der Waals surface area contributed by atoms with E-state index >= 15 is 0 Å². The van der Waals surface area contributed by atoms with Crippen LogP contribution in [-0.4, -0.2) is 32.8 Å². The molecule has 0 spiro atoms. The molecule has 0 unspecified atom stereocenters. The Morgan fingerprint density at radius 2 is 2.16 bits per heavy atom. The van der Waals surface area contributed by atoms with Crippen molar-refractivity contribution in [2.24, 2.45) is 0 Å². The molecule has 0 saturated carbocycles. The lowest BCUT2D eigenvalue weighted by atomic mass is 10.2. The molecule has 1 atom stereocenters. The summed E-state index contributed by atoms with van der Waals surface area (Å²) in [6, 6.07) is 5.58. The fourth-order valence-electron chi connectivity index (χ4n) is 2.08. The van der Waals surface area contributed by atoms with Crippen LogP contribution in [0.3, 0.4) is 0 Å². The van der Waals surface area contributed by atoms with Gasteiger partial charge in [-0.2, -0.15) is 0 Å². The Balaban J connectivity index is 1.93. The molecule has 1 aromatic carbocycles. The molecule has 1 N–H and O–H groups in total. The van der Waals surface area contributed by atoms with E-state index in [4.69, 9.17) is 14.2 Å². The normalized spacial score (nSPS) is 18.1. The van der Waals surface area contributed by atoms with E-state index in [-0.39, 0.29) is 12.0 Å². The molecule has 2 rings (SSSR count). The molecule has 0 radical (unpaired) electrons. The summed E-state index contributed by atoms with van der Waals surface area (Å²) >= 11 is 0. The summed E-state index contributed by atoms with van der Waals surface area (Å²) < 4.78 is 15.7. The van der Waals surface area contributed by atoms with Crippen LogP contribution in [0.2, 0.25) is 0 Å². The molecule has 0 aliphatic carbocycles. The van der Waals surface area contributed by atoms with E-state index in [2.05, 4.69) is 5.32 Å². The van der Waals surface area contributed by atoms with Gasteiger partial charge in [0.2, 0.25) is 5.91 Å². The molecule has 1 saturated heterocycles. The minimum Gasteiger partial charge on any atom is -0.493 e. The average Bonchev–Trinajstić information content (AvgIpc) is 2.98. The quantitative estimate of drug-likeness (QED) is 0.876. The number of benzene rings is 1. The van der Waals surface area contributed by atoms with Crippen molar-refractivity contribution in [1.29, 1.82) is 0 Å². The van der Waals surface area contributed by atoms with Gasteiger partial charge < -0.3 is 19.5 Å². The Hall–Kier alpha value is -1.75. The van der Waals surface area contributed by atoms with Gasteiger partial charge >= 0.3 is 0 Å².